The molecular weight excluding hydrogens is 538 g/mol. The van der Waals surface area contributed by atoms with Crippen LogP contribution in [0.2, 0.25) is 5.02 Å². The van der Waals surface area contributed by atoms with E-state index in [0.717, 1.165) is 56.0 Å². The average molecular weight is 576 g/mol. The van der Waals surface area contributed by atoms with E-state index in [1.54, 1.807) is 6.07 Å². The first-order valence-electron chi connectivity index (χ1n) is 13.6. The Kier molecular flexibility index (Phi) is 7.99. The Morgan fingerprint density at radius 3 is 2.46 bits per heavy atom. The van der Waals surface area contributed by atoms with Crippen LogP contribution in [0.15, 0.2) is 21.8 Å². The number of aryl methyl sites for hydroxylation is 1. The summed E-state index contributed by atoms with van der Waals surface area (Å²) in [5.41, 5.74) is 2.44. The summed E-state index contributed by atoms with van der Waals surface area (Å²) in [4.78, 5) is 29.4. The number of amides is 1. The predicted molar refractivity (Wildman–Crippen MR) is 153 cm³/mol. The third-order valence-corrected chi connectivity index (χ3v) is 9.44. The van der Waals surface area contributed by atoms with E-state index in [1.165, 1.54) is 11.8 Å². The van der Waals surface area contributed by atoms with Crippen LogP contribution in [0.5, 0.6) is 11.5 Å². The summed E-state index contributed by atoms with van der Waals surface area (Å²) in [6, 6.07) is 4.02. The van der Waals surface area contributed by atoms with Crippen molar-refractivity contribution in [3.05, 3.63) is 49.9 Å². The zero-order valence-electron chi connectivity index (χ0n) is 23.3. The first-order chi connectivity index (χ1) is 18.5. The summed E-state index contributed by atoms with van der Waals surface area (Å²) in [6.45, 7) is 10.7. The molecule has 3 heterocycles. The van der Waals surface area contributed by atoms with Gasteiger partial charge in [0, 0.05) is 64.7 Å². The number of carbonyl (C=O) groups is 1. The molecule has 1 saturated carbocycles. The van der Waals surface area contributed by atoms with Gasteiger partial charge in [-0.1, -0.05) is 18.5 Å². The van der Waals surface area contributed by atoms with E-state index in [1.807, 2.05) is 33.1 Å². The van der Waals surface area contributed by atoms with Crippen molar-refractivity contribution < 1.29 is 19.0 Å². The van der Waals surface area contributed by atoms with Crippen molar-refractivity contribution in [3.63, 3.8) is 0 Å². The molecule has 1 amide bonds. The SMILES string of the molecule is CSc1cc(C)[nH]c(=O)c1CNC(=O)c1cc(Cl)c2c(c1C)O[C@](C)([C@H]1CC[C@@H](NCC3(C)COC3)CC1)O2. The van der Waals surface area contributed by atoms with Gasteiger partial charge in [-0.05, 0) is 57.9 Å². The molecular formula is C29H38ClN3O5S. The average Bonchev–Trinajstić information content (AvgIpc) is 3.27. The molecule has 3 N–H and O–H groups in total. The van der Waals surface area contributed by atoms with E-state index in [-0.39, 0.29) is 29.3 Å². The van der Waals surface area contributed by atoms with Crippen LogP contribution in [0, 0.1) is 25.2 Å². The number of aromatic nitrogens is 1. The Labute approximate surface area is 238 Å². The number of pyridine rings is 1. The molecule has 8 nitrogen and oxygen atoms in total. The molecule has 10 heteroatoms. The Morgan fingerprint density at radius 1 is 1.13 bits per heavy atom. The number of benzene rings is 1. The highest BCUT2D eigenvalue weighted by Gasteiger charge is 2.47. The number of thioether (sulfide) groups is 1. The Hall–Kier alpha value is -2.20. The molecule has 0 unspecified atom stereocenters. The summed E-state index contributed by atoms with van der Waals surface area (Å²) in [5.74, 6) is 0.0555. The number of ether oxygens (including phenoxy) is 3. The van der Waals surface area contributed by atoms with Gasteiger partial charge >= 0.3 is 0 Å². The second-order valence-corrected chi connectivity index (χ2v) is 12.9. The molecule has 1 aromatic carbocycles. The maximum atomic E-state index is 13.2. The number of aromatic amines is 1. The van der Waals surface area contributed by atoms with Crippen molar-refractivity contribution in [2.75, 3.05) is 26.0 Å². The molecule has 5 rings (SSSR count). The molecule has 1 aliphatic carbocycles. The van der Waals surface area contributed by atoms with Crippen LogP contribution in [0.1, 0.15) is 66.7 Å². The molecule has 2 fully saturated rings. The maximum Gasteiger partial charge on any atom is 0.254 e. The van der Waals surface area contributed by atoms with Crippen LogP contribution in [0.3, 0.4) is 0 Å². The minimum atomic E-state index is -0.840. The number of hydrogen-bond donors (Lipinski definition) is 3. The largest absolute Gasteiger partial charge is 0.448 e. The third kappa shape index (κ3) is 5.69. The Balaban J connectivity index is 1.25. The van der Waals surface area contributed by atoms with Crippen LogP contribution in [0.4, 0.5) is 0 Å². The molecule has 0 radical (unpaired) electrons. The zero-order valence-corrected chi connectivity index (χ0v) is 24.9. The maximum absolute atomic E-state index is 13.2. The van der Waals surface area contributed by atoms with Crippen LogP contribution < -0.4 is 25.7 Å². The third-order valence-electron chi connectivity index (χ3n) is 8.36. The lowest BCUT2D eigenvalue weighted by molar-refractivity contribution is -0.123. The van der Waals surface area contributed by atoms with Gasteiger partial charge in [0.15, 0.2) is 11.5 Å². The molecule has 1 saturated heterocycles. The van der Waals surface area contributed by atoms with Gasteiger partial charge in [-0.3, -0.25) is 9.59 Å². The molecule has 3 aliphatic rings. The summed E-state index contributed by atoms with van der Waals surface area (Å²) >= 11 is 8.10. The number of H-pyrrole nitrogens is 1. The van der Waals surface area contributed by atoms with E-state index >= 15 is 0 Å². The minimum absolute atomic E-state index is 0.108. The van der Waals surface area contributed by atoms with Gasteiger partial charge in [0.25, 0.3) is 17.3 Å². The normalized spacial score (nSPS) is 25.3. The Bertz CT molecular complexity index is 1320. The molecule has 1 aromatic heterocycles. The van der Waals surface area contributed by atoms with Gasteiger partial charge in [-0.15, -0.1) is 11.8 Å². The quantitative estimate of drug-likeness (QED) is 0.382. The minimum Gasteiger partial charge on any atom is -0.448 e. The summed E-state index contributed by atoms with van der Waals surface area (Å²) in [6.07, 6.45) is 5.96. The number of rotatable bonds is 8. The smallest absolute Gasteiger partial charge is 0.254 e. The van der Waals surface area contributed by atoms with Gasteiger partial charge in [0.05, 0.1) is 18.2 Å². The van der Waals surface area contributed by atoms with Crippen LogP contribution in [-0.4, -0.2) is 48.7 Å². The van der Waals surface area contributed by atoms with E-state index < -0.39 is 5.79 Å². The van der Waals surface area contributed by atoms with Gasteiger partial charge in [-0.25, -0.2) is 0 Å². The zero-order chi connectivity index (χ0) is 27.9. The van der Waals surface area contributed by atoms with E-state index in [4.69, 9.17) is 25.8 Å². The van der Waals surface area contributed by atoms with Crippen molar-refractivity contribution in [2.45, 2.75) is 76.6 Å². The molecule has 0 spiro atoms. The molecule has 2 aliphatic heterocycles. The van der Waals surface area contributed by atoms with Crippen LogP contribution >= 0.6 is 23.4 Å². The first-order valence-corrected chi connectivity index (χ1v) is 15.2. The summed E-state index contributed by atoms with van der Waals surface area (Å²) < 4.78 is 18.2. The van der Waals surface area contributed by atoms with Crippen molar-refractivity contribution in [2.24, 2.45) is 11.3 Å². The molecule has 212 valence electrons. The van der Waals surface area contributed by atoms with Crippen molar-refractivity contribution >= 4 is 29.3 Å². The van der Waals surface area contributed by atoms with Gasteiger partial charge in [0.2, 0.25) is 0 Å². The lowest BCUT2D eigenvalue weighted by Gasteiger charge is -2.41. The summed E-state index contributed by atoms with van der Waals surface area (Å²) in [7, 11) is 0. The fourth-order valence-corrected chi connectivity index (χ4v) is 6.75. The molecule has 1 atom stereocenters. The second kappa shape index (κ2) is 11.0. The lowest BCUT2D eigenvalue weighted by Crippen LogP contribution is -2.51. The van der Waals surface area contributed by atoms with Gasteiger partial charge in [0.1, 0.15) is 0 Å². The Morgan fingerprint density at radius 2 is 1.82 bits per heavy atom. The van der Waals surface area contributed by atoms with E-state index in [2.05, 4.69) is 22.5 Å². The fourth-order valence-electron chi connectivity index (χ4n) is 5.81. The van der Waals surface area contributed by atoms with Gasteiger partial charge < -0.3 is 29.8 Å². The highest BCUT2D eigenvalue weighted by Crippen LogP contribution is 2.51. The highest BCUT2D eigenvalue weighted by molar-refractivity contribution is 7.98. The standard InChI is InChI=1S/C29H38ClN3O5S/c1-16-10-23(39-5)21(27(35)33-16)12-31-26(34)20-11-22(30)25-24(17(20)2)37-29(4,38-25)18-6-8-19(9-7-18)32-13-28(3)14-36-15-28/h10-11,18-19,32H,6-9,12-15H2,1-5H3,(H,31,34)(H,33,35)/t18-,19+,29-/m0/s1. The number of carbonyl (C=O) groups excluding carboxylic acids is 1. The summed E-state index contributed by atoms with van der Waals surface area (Å²) in [5, 5.41) is 6.96. The number of fused-ring (bicyclic) bond motifs is 1. The van der Waals surface area contributed by atoms with Crippen molar-refractivity contribution in [1.29, 1.82) is 0 Å². The fraction of sp³-hybridized carbons (Fsp3) is 0.586. The monoisotopic (exact) mass is 575 g/mol. The van der Waals surface area contributed by atoms with Crippen molar-refractivity contribution in [3.8, 4) is 11.5 Å². The second-order valence-electron chi connectivity index (χ2n) is 11.7. The van der Waals surface area contributed by atoms with Crippen LogP contribution in [0.25, 0.3) is 0 Å². The van der Waals surface area contributed by atoms with Crippen LogP contribution in [-0.2, 0) is 11.3 Å². The lowest BCUT2D eigenvalue weighted by atomic mass is 9.80. The van der Waals surface area contributed by atoms with Crippen molar-refractivity contribution in [1.82, 2.24) is 15.6 Å². The molecule has 0 bridgehead atoms. The first kappa shape index (κ1) is 28.3. The highest BCUT2D eigenvalue weighted by atomic mass is 35.5. The van der Waals surface area contributed by atoms with Gasteiger partial charge in [-0.2, -0.15) is 0 Å². The topological polar surface area (TPSA) is 102 Å². The molecule has 2 aromatic rings. The number of nitrogens with one attached hydrogen (secondary N) is 3. The predicted octanol–water partition coefficient (Wildman–Crippen LogP) is 4.97. The van der Waals surface area contributed by atoms with E-state index in [9.17, 15) is 9.59 Å². The molecule has 39 heavy (non-hydrogen) atoms. The number of halogens is 1. The van der Waals surface area contributed by atoms with E-state index in [0.29, 0.717) is 39.3 Å². The number of hydrogen-bond acceptors (Lipinski definition) is 7.